The molecule has 28 heavy (non-hydrogen) atoms. The van der Waals surface area contributed by atoms with Gasteiger partial charge >= 0.3 is 0 Å². The molecule has 1 heterocycles. The number of hydrogen-bond donors (Lipinski definition) is 1. The number of ether oxygens (including phenoxy) is 3. The molecule has 0 bridgehead atoms. The third kappa shape index (κ3) is 4.94. The fraction of sp³-hybridized carbons (Fsp3) is 0.300. The topological polar surface area (TPSA) is 77.1 Å². The second-order valence-corrected chi connectivity index (χ2v) is 6.54. The Morgan fingerprint density at radius 2 is 2.00 bits per heavy atom. The number of anilines is 2. The van der Waals surface area contributed by atoms with Crippen LogP contribution in [0.3, 0.4) is 0 Å². The lowest BCUT2D eigenvalue weighted by molar-refractivity contribution is -0.118. The van der Waals surface area contributed by atoms with Gasteiger partial charge in [0.2, 0.25) is 0 Å². The molecule has 2 aromatic carbocycles. The maximum Gasteiger partial charge on any atom is 0.262 e. The predicted molar refractivity (Wildman–Crippen MR) is 107 cm³/mol. The Labute approximate surface area is 168 Å². The van der Waals surface area contributed by atoms with Crippen molar-refractivity contribution in [3.63, 3.8) is 0 Å². The Bertz CT molecular complexity index is 852. The van der Waals surface area contributed by atoms with Gasteiger partial charge in [0.1, 0.15) is 6.29 Å². The first-order chi connectivity index (χ1) is 13.6. The van der Waals surface area contributed by atoms with Crippen molar-refractivity contribution in [3.05, 3.63) is 47.0 Å². The second kappa shape index (κ2) is 9.43. The Balaban J connectivity index is 1.59. The number of nitrogens with zero attached hydrogens (tertiary/aromatic N) is 1. The van der Waals surface area contributed by atoms with Crippen molar-refractivity contribution in [3.8, 4) is 11.5 Å². The van der Waals surface area contributed by atoms with Crippen LogP contribution < -0.4 is 19.7 Å². The normalized spacial score (nSPS) is 13.7. The molecular weight excluding hydrogens is 384 g/mol. The van der Waals surface area contributed by atoms with Gasteiger partial charge in [-0.15, -0.1) is 0 Å². The van der Waals surface area contributed by atoms with E-state index in [1.807, 2.05) is 6.07 Å². The number of carbonyl (C=O) groups is 2. The highest BCUT2D eigenvalue weighted by Crippen LogP contribution is 2.30. The summed E-state index contributed by atoms with van der Waals surface area (Å²) >= 11 is 6.38. The Morgan fingerprint density at radius 1 is 1.21 bits per heavy atom. The number of aldehydes is 1. The molecule has 2 aromatic rings. The highest BCUT2D eigenvalue weighted by Gasteiger charge is 2.15. The van der Waals surface area contributed by atoms with Gasteiger partial charge in [-0.3, -0.25) is 9.59 Å². The molecule has 1 aliphatic heterocycles. The highest BCUT2D eigenvalue weighted by atomic mass is 35.5. The van der Waals surface area contributed by atoms with E-state index >= 15 is 0 Å². The molecule has 0 aromatic heterocycles. The van der Waals surface area contributed by atoms with Gasteiger partial charge in [0.05, 0.1) is 31.0 Å². The molecular formula is C20H21ClN2O5. The van der Waals surface area contributed by atoms with Crippen molar-refractivity contribution in [2.75, 3.05) is 50.2 Å². The molecule has 0 radical (unpaired) electrons. The molecule has 8 heteroatoms. The number of hydrogen-bond acceptors (Lipinski definition) is 6. The van der Waals surface area contributed by atoms with Crippen LogP contribution in [0.15, 0.2) is 36.4 Å². The van der Waals surface area contributed by atoms with Gasteiger partial charge in [0.25, 0.3) is 5.91 Å². The van der Waals surface area contributed by atoms with E-state index < -0.39 is 0 Å². The van der Waals surface area contributed by atoms with Crippen LogP contribution in [-0.4, -0.2) is 52.2 Å². The smallest absolute Gasteiger partial charge is 0.262 e. The van der Waals surface area contributed by atoms with Gasteiger partial charge in [-0.1, -0.05) is 11.6 Å². The molecule has 0 aliphatic carbocycles. The number of rotatable bonds is 7. The van der Waals surface area contributed by atoms with Gasteiger partial charge in [0, 0.05) is 24.3 Å². The number of benzene rings is 2. The number of amides is 1. The number of morpholine rings is 1. The van der Waals surface area contributed by atoms with Crippen LogP contribution in [0.4, 0.5) is 11.4 Å². The average Bonchev–Trinajstić information content (AvgIpc) is 2.73. The van der Waals surface area contributed by atoms with Gasteiger partial charge in [0.15, 0.2) is 18.1 Å². The standard InChI is InChI=1S/C20H21ClN2O5/c1-26-19-10-14(12-24)2-5-18(19)28-13-20(25)22-15-3-4-17(16(21)11-15)23-6-8-27-9-7-23/h2-5,10-12H,6-9,13H2,1H3,(H,22,25). The molecule has 3 rings (SSSR count). The van der Waals surface area contributed by atoms with Crippen molar-refractivity contribution in [1.29, 1.82) is 0 Å². The lowest BCUT2D eigenvalue weighted by Crippen LogP contribution is -2.36. The van der Waals surface area contributed by atoms with Gasteiger partial charge in [-0.05, 0) is 36.4 Å². The molecule has 148 valence electrons. The van der Waals surface area contributed by atoms with Gasteiger partial charge in [-0.2, -0.15) is 0 Å². The summed E-state index contributed by atoms with van der Waals surface area (Å²) in [6.07, 6.45) is 0.712. The number of nitrogens with one attached hydrogen (secondary N) is 1. The average molecular weight is 405 g/mol. The van der Waals surface area contributed by atoms with E-state index in [1.165, 1.54) is 7.11 Å². The van der Waals surface area contributed by atoms with Crippen LogP contribution in [-0.2, 0) is 9.53 Å². The lowest BCUT2D eigenvalue weighted by Gasteiger charge is -2.29. The van der Waals surface area contributed by atoms with Crippen LogP contribution in [0, 0.1) is 0 Å². The van der Waals surface area contributed by atoms with Crippen molar-refractivity contribution >= 4 is 35.2 Å². The molecule has 7 nitrogen and oxygen atoms in total. The summed E-state index contributed by atoms with van der Waals surface area (Å²) in [7, 11) is 1.47. The summed E-state index contributed by atoms with van der Waals surface area (Å²) in [5.41, 5.74) is 1.96. The summed E-state index contributed by atoms with van der Waals surface area (Å²) in [5, 5.41) is 3.32. The molecule has 1 amide bonds. The Morgan fingerprint density at radius 3 is 2.68 bits per heavy atom. The molecule has 0 spiro atoms. The largest absolute Gasteiger partial charge is 0.493 e. The molecule has 1 saturated heterocycles. The first-order valence-corrected chi connectivity index (χ1v) is 9.16. The van der Waals surface area contributed by atoms with Crippen LogP contribution >= 0.6 is 11.6 Å². The van der Waals surface area contributed by atoms with Crippen molar-refractivity contribution < 1.29 is 23.8 Å². The quantitative estimate of drug-likeness (QED) is 0.715. The number of methoxy groups -OCH3 is 1. The fourth-order valence-electron chi connectivity index (χ4n) is 2.86. The Kier molecular flexibility index (Phi) is 6.73. The lowest BCUT2D eigenvalue weighted by atomic mass is 10.2. The third-order valence-corrected chi connectivity index (χ3v) is 4.57. The van der Waals surface area contributed by atoms with E-state index in [1.54, 1.807) is 30.3 Å². The molecule has 1 N–H and O–H groups in total. The van der Waals surface area contributed by atoms with Gasteiger partial charge in [-0.25, -0.2) is 0 Å². The summed E-state index contributed by atoms with van der Waals surface area (Å²) < 4.78 is 16.0. The van der Waals surface area contributed by atoms with Crippen LogP contribution in [0.2, 0.25) is 5.02 Å². The second-order valence-electron chi connectivity index (χ2n) is 6.13. The predicted octanol–water partition coefficient (Wildman–Crippen LogP) is 3.02. The SMILES string of the molecule is COc1cc(C=O)ccc1OCC(=O)Nc1ccc(N2CCOCC2)c(Cl)c1. The first kappa shape index (κ1) is 20.0. The maximum absolute atomic E-state index is 12.2. The molecule has 1 fully saturated rings. The molecule has 1 aliphatic rings. The molecule has 0 unspecified atom stereocenters. The Hall–Kier alpha value is -2.77. The van der Waals surface area contributed by atoms with E-state index in [2.05, 4.69) is 10.2 Å². The first-order valence-electron chi connectivity index (χ1n) is 8.79. The summed E-state index contributed by atoms with van der Waals surface area (Å²) in [5.74, 6) is 0.427. The van der Waals surface area contributed by atoms with Crippen molar-refractivity contribution in [2.45, 2.75) is 0 Å². The summed E-state index contributed by atoms with van der Waals surface area (Å²) in [4.78, 5) is 25.2. The van der Waals surface area contributed by atoms with E-state index in [0.717, 1.165) is 18.8 Å². The summed E-state index contributed by atoms with van der Waals surface area (Å²) in [6, 6.07) is 10.1. The zero-order valence-corrected chi connectivity index (χ0v) is 16.2. The van der Waals surface area contributed by atoms with Crippen molar-refractivity contribution in [1.82, 2.24) is 0 Å². The van der Waals surface area contributed by atoms with Gasteiger partial charge < -0.3 is 24.4 Å². The highest BCUT2D eigenvalue weighted by molar-refractivity contribution is 6.33. The van der Waals surface area contributed by atoms with Crippen LogP contribution in [0.25, 0.3) is 0 Å². The summed E-state index contributed by atoms with van der Waals surface area (Å²) in [6.45, 7) is 2.69. The fourth-order valence-corrected chi connectivity index (χ4v) is 3.16. The number of carbonyl (C=O) groups excluding carboxylic acids is 2. The van der Waals surface area contributed by atoms with Crippen LogP contribution in [0.1, 0.15) is 10.4 Å². The van der Waals surface area contributed by atoms with E-state index in [0.29, 0.717) is 47.3 Å². The zero-order chi connectivity index (χ0) is 19.9. The van der Waals surface area contributed by atoms with E-state index in [-0.39, 0.29) is 12.5 Å². The van der Waals surface area contributed by atoms with Crippen LogP contribution in [0.5, 0.6) is 11.5 Å². The molecule has 0 saturated carbocycles. The van der Waals surface area contributed by atoms with E-state index in [4.69, 9.17) is 25.8 Å². The zero-order valence-electron chi connectivity index (χ0n) is 15.4. The van der Waals surface area contributed by atoms with Crippen molar-refractivity contribution in [2.24, 2.45) is 0 Å². The molecule has 0 atom stereocenters. The minimum absolute atomic E-state index is 0.209. The maximum atomic E-state index is 12.2. The minimum Gasteiger partial charge on any atom is -0.493 e. The van der Waals surface area contributed by atoms with E-state index in [9.17, 15) is 9.59 Å². The monoisotopic (exact) mass is 404 g/mol. The number of halogens is 1. The third-order valence-electron chi connectivity index (χ3n) is 4.27. The minimum atomic E-state index is -0.336.